The summed E-state index contributed by atoms with van der Waals surface area (Å²) in [7, 11) is 0. The van der Waals surface area contributed by atoms with Crippen LogP contribution in [0.1, 0.15) is 36.8 Å². The molecule has 1 aromatic rings. The molecule has 1 aromatic carbocycles. The molecule has 0 aliphatic carbocycles. The lowest BCUT2D eigenvalue weighted by molar-refractivity contribution is -0.138. The summed E-state index contributed by atoms with van der Waals surface area (Å²) in [5.74, 6) is -0.354. The summed E-state index contributed by atoms with van der Waals surface area (Å²) >= 11 is 0. The second-order valence-electron chi connectivity index (χ2n) is 5.34. The van der Waals surface area contributed by atoms with Crippen molar-refractivity contribution in [2.45, 2.75) is 39.5 Å². The van der Waals surface area contributed by atoms with Gasteiger partial charge < -0.3 is 5.32 Å². The molecule has 0 bridgehead atoms. The predicted octanol–water partition coefficient (Wildman–Crippen LogP) is 2.17. The monoisotopic (exact) mass is 288 g/mol. The topological polar surface area (TPSA) is 66.5 Å². The van der Waals surface area contributed by atoms with Crippen molar-refractivity contribution in [2.75, 3.05) is 11.9 Å². The highest BCUT2D eigenvalue weighted by molar-refractivity contribution is 6.02. The van der Waals surface area contributed by atoms with Gasteiger partial charge in [-0.25, -0.2) is 0 Å². The lowest BCUT2D eigenvalue weighted by Crippen LogP contribution is -2.30. The van der Waals surface area contributed by atoms with Crippen LogP contribution in [-0.4, -0.2) is 29.2 Å². The van der Waals surface area contributed by atoms with E-state index in [1.54, 1.807) is 0 Å². The Morgan fingerprint density at radius 2 is 1.86 bits per heavy atom. The Morgan fingerprint density at radius 3 is 2.52 bits per heavy atom. The molecule has 2 rings (SSSR count). The molecule has 1 heterocycles. The van der Waals surface area contributed by atoms with E-state index >= 15 is 0 Å². The zero-order valence-electron chi connectivity index (χ0n) is 12.4. The van der Waals surface area contributed by atoms with Crippen LogP contribution >= 0.6 is 0 Å². The van der Waals surface area contributed by atoms with E-state index in [0.717, 1.165) is 16.8 Å². The molecule has 1 N–H and O–H groups in total. The lowest BCUT2D eigenvalue weighted by atomic mass is 10.1. The van der Waals surface area contributed by atoms with E-state index in [1.165, 1.54) is 4.90 Å². The number of imide groups is 1. The van der Waals surface area contributed by atoms with Gasteiger partial charge in [-0.1, -0.05) is 12.1 Å². The number of carbonyl (C=O) groups is 3. The van der Waals surface area contributed by atoms with Gasteiger partial charge in [0.05, 0.1) is 0 Å². The van der Waals surface area contributed by atoms with Crippen molar-refractivity contribution in [1.82, 2.24) is 4.90 Å². The van der Waals surface area contributed by atoms with Gasteiger partial charge >= 0.3 is 0 Å². The minimum Gasteiger partial charge on any atom is -0.326 e. The molecule has 0 atom stereocenters. The van der Waals surface area contributed by atoms with Crippen LogP contribution in [0.3, 0.4) is 0 Å². The van der Waals surface area contributed by atoms with Crippen LogP contribution in [0.15, 0.2) is 18.2 Å². The van der Waals surface area contributed by atoms with Gasteiger partial charge in [0.15, 0.2) is 0 Å². The fourth-order valence-corrected chi connectivity index (χ4v) is 2.37. The van der Waals surface area contributed by atoms with Crippen molar-refractivity contribution in [2.24, 2.45) is 0 Å². The molecule has 5 heteroatoms. The Bertz CT molecular complexity index is 565. The number of nitrogens with one attached hydrogen (secondary N) is 1. The van der Waals surface area contributed by atoms with Gasteiger partial charge in [0.1, 0.15) is 0 Å². The van der Waals surface area contributed by atoms with Crippen LogP contribution < -0.4 is 5.32 Å². The van der Waals surface area contributed by atoms with E-state index in [1.807, 2.05) is 32.0 Å². The number of anilines is 1. The molecule has 1 aliphatic heterocycles. The highest BCUT2D eigenvalue weighted by atomic mass is 16.2. The number of amides is 3. The highest BCUT2D eigenvalue weighted by Gasteiger charge is 2.28. The smallest absolute Gasteiger partial charge is 0.229 e. The maximum Gasteiger partial charge on any atom is 0.229 e. The van der Waals surface area contributed by atoms with Crippen molar-refractivity contribution in [3.05, 3.63) is 29.3 Å². The molecule has 1 saturated heterocycles. The zero-order valence-corrected chi connectivity index (χ0v) is 12.4. The first kappa shape index (κ1) is 15.2. The molecule has 3 amide bonds. The summed E-state index contributed by atoms with van der Waals surface area (Å²) in [6.45, 7) is 4.29. The fourth-order valence-electron chi connectivity index (χ4n) is 2.37. The number of benzene rings is 1. The Balaban J connectivity index is 1.81. The molecular weight excluding hydrogens is 268 g/mol. The van der Waals surface area contributed by atoms with Crippen LogP contribution in [0.4, 0.5) is 5.69 Å². The zero-order chi connectivity index (χ0) is 15.4. The lowest BCUT2D eigenvalue weighted by Gasteiger charge is -2.14. The Morgan fingerprint density at radius 1 is 1.19 bits per heavy atom. The van der Waals surface area contributed by atoms with Crippen molar-refractivity contribution in [1.29, 1.82) is 0 Å². The average Bonchev–Trinajstić information content (AvgIpc) is 2.75. The van der Waals surface area contributed by atoms with Crippen molar-refractivity contribution in [3.8, 4) is 0 Å². The first-order valence-corrected chi connectivity index (χ1v) is 7.18. The molecule has 21 heavy (non-hydrogen) atoms. The minimum absolute atomic E-state index is 0.0946. The number of hydrogen-bond acceptors (Lipinski definition) is 3. The Labute approximate surface area is 124 Å². The normalized spacial score (nSPS) is 14.7. The van der Waals surface area contributed by atoms with E-state index in [0.29, 0.717) is 32.2 Å². The Kier molecular flexibility index (Phi) is 4.73. The number of carbonyl (C=O) groups excluding carboxylic acids is 3. The van der Waals surface area contributed by atoms with Crippen LogP contribution in [0, 0.1) is 13.8 Å². The van der Waals surface area contributed by atoms with E-state index in [2.05, 4.69) is 5.32 Å². The third kappa shape index (κ3) is 3.68. The quantitative estimate of drug-likeness (QED) is 0.844. The van der Waals surface area contributed by atoms with Crippen LogP contribution in [0.25, 0.3) is 0 Å². The molecular formula is C16H20N2O3. The van der Waals surface area contributed by atoms with Crippen LogP contribution in [0.5, 0.6) is 0 Å². The number of aryl methyl sites for hydroxylation is 1. The molecule has 1 fully saturated rings. The SMILES string of the molecule is Cc1cccc(NC(=O)CCCN2C(=O)CCC2=O)c1C. The van der Waals surface area contributed by atoms with Gasteiger partial charge in [-0.2, -0.15) is 0 Å². The minimum atomic E-state index is -0.130. The van der Waals surface area contributed by atoms with Gasteiger partial charge in [0, 0.05) is 31.5 Å². The van der Waals surface area contributed by atoms with Crippen molar-refractivity contribution < 1.29 is 14.4 Å². The first-order chi connectivity index (χ1) is 9.99. The van der Waals surface area contributed by atoms with E-state index in [4.69, 9.17) is 0 Å². The number of nitrogens with zero attached hydrogens (tertiary/aromatic N) is 1. The highest BCUT2D eigenvalue weighted by Crippen LogP contribution is 2.18. The molecule has 0 spiro atoms. The number of hydrogen-bond donors (Lipinski definition) is 1. The summed E-state index contributed by atoms with van der Waals surface area (Å²) in [4.78, 5) is 36.0. The van der Waals surface area contributed by atoms with E-state index < -0.39 is 0 Å². The second kappa shape index (κ2) is 6.52. The third-order valence-electron chi connectivity index (χ3n) is 3.82. The van der Waals surface area contributed by atoms with Crippen LogP contribution in [-0.2, 0) is 14.4 Å². The first-order valence-electron chi connectivity index (χ1n) is 7.18. The molecule has 112 valence electrons. The van der Waals surface area contributed by atoms with Gasteiger partial charge in [-0.05, 0) is 37.5 Å². The molecule has 5 nitrogen and oxygen atoms in total. The summed E-state index contributed by atoms with van der Waals surface area (Å²) in [6.07, 6.45) is 1.39. The van der Waals surface area contributed by atoms with Crippen LogP contribution in [0.2, 0.25) is 0 Å². The molecule has 0 aromatic heterocycles. The molecule has 0 unspecified atom stereocenters. The maximum atomic E-state index is 11.9. The molecule has 1 aliphatic rings. The number of likely N-dealkylation sites (tertiary alicyclic amines) is 1. The van der Waals surface area contributed by atoms with Gasteiger partial charge in [0.2, 0.25) is 17.7 Å². The van der Waals surface area contributed by atoms with E-state index in [-0.39, 0.29) is 17.7 Å². The second-order valence-corrected chi connectivity index (χ2v) is 5.34. The van der Waals surface area contributed by atoms with Crippen molar-refractivity contribution >= 4 is 23.4 Å². The maximum absolute atomic E-state index is 11.9. The van der Waals surface area contributed by atoms with Crippen molar-refractivity contribution in [3.63, 3.8) is 0 Å². The largest absolute Gasteiger partial charge is 0.326 e. The van der Waals surface area contributed by atoms with Gasteiger partial charge in [-0.15, -0.1) is 0 Å². The Hall–Kier alpha value is -2.17. The fraction of sp³-hybridized carbons (Fsp3) is 0.438. The predicted molar refractivity (Wildman–Crippen MR) is 79.7 cm³/mol. The van der Waals surface area contributed by atoms with Gasteiger partial charge in [0.25, 0.3) is 0 Å². The van der Waals surface area contributed by atoms with E-state index in [9.17, 15) is 14.4 Å². The molecule has 0 radical (unpaired) electrons. The number of rotatable bonds is 5. The average molecular weight is 288 g/mol. The summed E-state index contributed by atoms with van der Waals surface area (Å²) in [5, 5.41) is 2.87. The standard InChI is InChI=1S/C16H20N2O3/c1-11-5-3-6-13(12(11)2)17-14(19)7-4-10-18-15(20)8-9-16(18)21/h3,5-6H,4,7-10H2,1-2H3,(H,17,19). The molecule has 0 saturated carbocycles. The summed E-state index contributed by atoms with van der Waals surface area (Å²) in [6, 6.07) is 5.77. The summed E-state index contributed by atoms with van der Waals surface area (Å²) in [5.41, 5.74) is 2.99. The third-order valence-corrected chi connectivity index (χ3v) is 3.82. The van der Waals surface area contributed by atoms with Gasteiger partial charge in [-0.3, -0.25) is 19.3 Å². The summed E-state index contributed by atoms with van der Waals surface area (Å²) < 4.78 is 0.